The Labute approximate surface area is 115 Å². The summed E-state index contributed by atoms with van der Waals surface area (Å²) >= 11 is 0. The van der Waals surface area contributed by atoms with Gasteiger partial charge >= 0.3 is 0 Å². The number of nitrogens with one attached hydrogen (secondary N) is 1. The lowest BCUT2D eigenvalue weighted by molar-refractivity contribution is 0.214. The Morgan fingerprint density at radius 3 is 2.80 bits per heavy atom. The summed E-state index contributed by atoms with van der Waals surface area (Å²) in [4.78, 5) is 19.1. The van der Waals surface area contributed by atoms with Gasteiger partial charge in [0.2, 0.25) is 0 Å². The van der Waals surface area contributed by atoms with Crippen molar-refractivity contribution in [2.75, 3.05) is 0 Å². The number of aliphatic hydroxyl groups is 1. The highest BCUT2D eigenvalue weighted by Crippen LogP contribution is 2.21. The number of hydrogen-bond donors (Lipinski definition) is 2. The molecule has 0 spiro atoms. The minimum atomic E-state index is -1.02. The van der Waals surface area contributed by atoms with Crippen LogP contribution in [0.4, 0.5) is 0 Å². The lowest BCUT2D eigenvalue weighted by atomic mass is 10.0. The van der Waals surface area contributed by atoms with Gasteiger partial charge in [0.05, 0.1) is 16.8 Å². The van der Waals surface area contributed by atoms with E-state index in [0.29, 0.717) is 11.3 Å². The van der Waals surface area contributed by atoms with E-state index in [4.69, 9.17) is 0 Å². The van der Waals surface area contributed by atoms with E-state index in [2.05, 4.69) is 9.97 Å². The number of aliphatic hydroxyl groups excluding tert-OH is 1. The average Bonchev–Trinajstić information content (AvgIpc) is 2.48. The van der Waals surface area contributed by atoms with Crippen LogP contribution in [0, 0.1) is 6.92 Å². The minimum Gasteiger partial charge on any atom is -0.382 e. The van der Waals surface area contributed by atoms with Crippen LogP contribution in [0.5, 0.6) is 0 Å². The van der Waals surface area contributed by atoms with Crippen molar-refractivity contribution in [1.82, 2.24) is 9.97 Å². The number of fused-ring (bicyclic) bond motifs is 1. The first-order valence-electron chi connectivity index (χ1n) is 6.38. The summed E-state index contributed by atoms with van der Waals surface area (Å²) in [5.41, 5.74) is 2.28. The van der Waals surface area contributed by atoms with Gasteiger partial charge in [0.15, 0.2) is 0 Å². The third-order valence-electron chi connectivity index (χ3n) is 3.38. The van der Waals surface area contributed by atoms with Gasteiger partial charge in [-0.15, -0.1) is 0 Å². The van der Waals surface area contributed by atoms with E-state index in [1.165, 1.54) is 0 Å². The summed E-state index contributed by atoms with van der Waals surface area (Å²) in [5.74, 6) is 0. The molecule has 0 aliphatic heterocycles. The van der Waals surface area contributed by atoms with Crippen molar-refractivity contribution in [3.05, 3.63) is 75.8 Å². The number of aromatic amines is 1. The molecular formula is C16H14N2O2. The van der Waals surface area contributed by atoms with E-state index in [0.717, 1.165) is 16.5 Å². The van der Waals surface area contributed by atoms with E-state index in [1.54, 1.807) is 30.5 Å². The molecule has 2 N–H and O–H groups in total. The highest BCUT2D eigenvalue weighted by molar-refractivity contribution is 5.82. The van der Waals surface area contributed by atoms with E-state index < -0.39 is 6.10 Å². The van der Waals surface area contributed by atoms with Crippen molar-refractivity contribution in [3.8, 4) is 0 Å². The Kier molecular flexibility index (Phi) is 3.08. The molecule has 2 heterocycles. The second kappa shape index (κ2) is 4.90. The minimum absolute atomic E-state index is 0.287. The van der Waals surface area contributed by atoms with Gasteiger partial charge < -0.3 is 10.1 Å². The van der Waals surface area contributed by atoms with E-state index >= 15 is 0 Å². The molecule has 0 amide bonds. The topological polar surface area (TPSA) is 66.0 Å². The average molecular weight is 266 g/mol. The summed E-state index contributed by atoms with van der Waals surface area (Å²) < 4.78 is 0. The quantitative estimate of drug-likeness (QED) is 0.748. The highest BCUT2D eigenvalue weighted by Gasteiger charge is 2.16. The Morgan fingerprint density at radius 1 is 1.20 bits per heavy atom. The van der Waals surface area contributed by atoms with Crippen LogP contribution in [0.25, 0.3) is 10.9 Å². The van der Waals surface area contributed by atoms with Gasteiger partial charge in [0.25, 0.3) is 5.56 Å². The molecule has 20 heavy (non-hydrogen) atoms. The fourth-order valence-corrected chi connectivity index (χ4v) is 2.30. The van der Waals surface area contributed by atoms with E-state index in [-0.39, 0.29) is 5.56 Å². The lowest BCUT2D eigenvalue weighted by Gasteiger charge is -2.11. The van der Waals surface area contributed by atoms with Crippen LogP contribution in [0.1, 0.15) is 22.9 Å². The van der Waals surface area contributed by atoms with Crippen LogP contribution >= 0.6 is 0 Å². The maximum absolute atomic E-state index is 12.2. The van der Waals surface area contributed by atoms with Crippen molar-refractivity contribution in [2.24, 2.45) is 0 Å². The van der Waals surface area contributed by atoms with Gasteiger partial charge in [-0.1, -0.05) is 24.3 Å². The van der Waals surface area contributed by atoms with Gasteiger partial charge in [-0.25, -0.2) is 0 Å². The third-order valence-corrected chi connectivity index (χ3v) is 3.38. The molecule has 0 aliphatic carbocycles. The first-order valence-corrected chi connectivity index (χ1v) is 6.38. The van der Waals surface area contributed by atoms with Crippen LogP contribution in [0.3, 0.4) is 0 Å². The molecule has 0 saturated carbocycles. The number of nitrogens with zero attached hydrogens (tertiary/aromatic N) is 1. The number of aryl methyl sites for hydroxylation is 1. The Hall–Kier alpha value is -2.46. The molecular weight excluding hydrogens is 252 g/mol. The molecule has 0 fully saturated rings. The normalized spacial score (nSPS) is 12.5. The predicted octanol–water partition coefficient (Wildman–Crippen LogP) is 2.31. The van der Waals surface area contributed by atoms with Crippen LogP contribution in [0.15, 0.2) is 53.5 Å². The van der Waals surface area contributed by atoms with Gasteiger partial charge in [-0.3, -0.25) is 9.78 Å². The molecule has 1 aromatic carbocycles. The Balaban J connectivity index is 2.17. The van der Waals surface area contributed by atoms with Crippen LogP contribution in [0.2, 0.25) is 0 Å². The summed E-state index contributed by atoms with van der Waals surface area (Å²) in [6.07, 6.45) is 0.572. The van der Waals surface area contributed by atoms with Crippen molar-refractivity contribution >= 4 is 10.9 Å². The monoisotopic (exact) mass is 266 g/mol. The SMILES string of the molecule is Cc1cccc2cc(C(O)c3ccccn3)c(=O)[nH]c12. The van der Waals surface area contributed by atoms with Gasteiger partial charge in [-0.2, -0.15) is 0 Å². The lowest BCUT2D eigenvalue weighted by Crippen LogP contribution is -2.17. The molecule has 0 bridgehead atoms. The predicted molar refractivity (Wildman–Crippen MR) is 77.6 cm³/mol. The van der Waals surface area contributed by atoms with E-state index in [1.807, 2.05) is 25.1 Å². The van der Waals surface area contributed by atoms with Gasteiger partial charge in [-0.05, 0) is 36.1 Å². The summed E-state index contributed by atoms with van der Waals surface area (Å²) in [6, 6.07) is 12.7. The first-order chi connectivity index (χ1) is 9.66. The first kappa shape index (κ1) is 12.6. The Morgan fingerprint density at radius 2 is 2.05 bits per heavy atom. The molecule has 0 aliphatic rings. The molecule has 4 nitrogen and oxygen atoms in total. The number of benzene rings is 1. The molecule has 4 heteroatoms. The number of pyridine rings is 2. The maximum atomic E-state index is 12.2. The summed E-state index contributed by atoms with van der Waals surface area (Å²) in [7, 11) is 0. The van der Waals surface area contributed by atoms with Gasteiger partial charge in [0, 0.05) is 6.20 Å². The zero-order chi connectivity index (χ0) is 14.1. The van der Waals surface area contributed by atoms with Crippen LogP contribution < -0.4 is 5.56 Å². The number of rotatable bonds is 2. The van der Waals surface area contributed by atoms with Crippen LogP contribution in [-0.2, 0) is 0 Å². The summed E-state index contributed by atoms with van der Waals surface area (Å²) in [5, 5.41) is 11.2. The largest absolute Gasteiger partial charge is 0.382 e. The molecule has 0 radical (unpaired) electrons. The molecule has 0 saturated heterocycles. The maximum Gasteiger partial charge on any atom is 0.254 e. The second-order valence-corrected chi connectivity index (χ2v) is 4.75. The summed E-state index contributed by atoms with van der Waals surface area (Å²) in [6.45, 7) is 1.94. The fourth-order valence-electron chi connectivity index (χ4n) is 2.30. The molecule has 1 atom stereocenters. The Bertz CT molecular complexity index is 810. The second-order valence-electron chi connectivity index (χ2n) is 4.75. The number of hydrogen-bond acceptors (Lipinski definition) is 3. The van der Waals surface area contributed by atoms with Crippen molar-refractivity contribution in [1.29, 1.82) is 0 Å². The molecule has 1 unspecified atom stereocenters. The zero-order valence-corrected chi connectivity index (χ0v) is 11.0. The van der Waals surface area contributed by atoms with Crippen molar-refractivity contribution in [3.63, 3.8) is 0 Å². The van der Waals surface area contributed by atoms with Crippen LogP contribution in [-0.4, -0.2) is 15.1 Å². The molecule has 100 valence electrons. The van der Waals surface area contributed by atoms with Gasteiger partial charge in [0.1, 0.15) is 6.10 Å². The third kappa shape index (κ3) is 2.10. The molecule has 3 aromatic rings. The van der Waals surface area contributed by atoms with E-state index in [9.17, 15) is 9.90 Å². The highest BCUT2D eigenvalue weighted by atomic mass is 16.3. The smallest absolute Gasteiger partial charge is 0.254 e. The molecule has 2 aromatic heterocycles. The number of H-pyrrole nitrogens is 1. The standard InChI is InChI=1S/C16H14N2O2/c1-10-5-4-6-11-9-12(16(20)18-14(10)11)15(19)13-7-2-3-8-17-13/h2-9,15,19H,1H3,(H,18,20). The molecule has 3 rings (SSSR count). The zero-order valence-electron chi connectivity index (χ0n) is 11.0. The number of aromatic nitrogens is 2. The number of para-hydroxylation sites is 1. The van der Waals surface area contributed by atoms with Crippen molar-refractivity contribution in [2.45, 2.75) is 13.0 Å². The van der Waals surface area contributed by atoms with Crippen molar-refractivity contribution < 1.29 is 5.11 Å². The fraction of sp³-hybridized carbons (Fsp3) is 0.125.